The lowest BCUT2D eigenvalue weighted by molar-refractivity contribution is 0.102. The number of benzene rings is 1. The Bertz CT molecular complexity index is 810. The average molecular weight is 352 g/mol. The van der Waals surface area contributed by atoms with E-state index < -0.39 is 29.0 Å². The fourth-order valence-corrected chi connectivity index (χ4v) is 2.43. The van der Waals surface area contributed by atoms with Gasteiger partial charge in [0.15, 0.2) is 17.5 Å². The molecule has 132 valence electrons. The molecule has 25 heavy (non-hydrogen) atoms. The van der Waals surface area contributed by atoms with Crippen molar-refractivity contribution >= 4 is 17.4 Å². The second kappa shape index (κ2) is 7.06. The van der Waals surface area contributed by atoms with Crippen LogP contribution >= 0.6 is 0 Å². The summed E-state index contributed by atoms with van der Waals surface area (Å²) in [6.45, 7) is 3.96. The maximum Gasteiger partial charge on any atom is 0.274 e. The van der Waals surface area contributed by atoms with Crippen molar-refractivity contribution in [1.29, 1.82) is 0 Å². The van der Waals surface area contributed by atoms with Gasteiger partial charge in [0.1, 0.15) is 17.3 Å². The number of amides is 1. The zero-order chi connectivity index (χ0) is 18.0. The Morgan fingerprint density at radius 3 is 2.60 bits per heavy atom. The molecular formula is C16H15F3N4O2. The van der Waals surface area contributed by atoms with Crippen LogP contribution < -0.4 is 10.2 Å². The zero-order valence-corrected chi connectivity index (χ0v) is 13.4. The van der Waals surface area contributed by atoms with Crippen molar-refractivity contribution in [2.24, 2.45) is 0 Å². The van der Waals surface area contributed by atoms with E-state index in [-0.39, 0.29) is 5.69 Å². The summed E-state index contributed by atoms with van der Waals surface area (Å²) < 4.78 is 45.2. The van der Waals surface area contributed by atoms with Crippen LogP contribution in [0.3, 0.4) is 0 Å². The molecule has 1 N–H and O–H groups in total. The molecule has 2 aromatic rings. The Balaban J connectivity index is 1.85. The Morgan fingerprint density at radius 2 is 1.88 bits per heavy atom. The van der Waals surface area contributed by atoms with E-state index in [2.05, 4.69) is 15.3 Å². The van der Waals surface area contributed by atoms with E-state index in [9.17, 15) is 18.0 Å². The van der Waals surface area contributed by atoms with Crippen LogP contribution in [-0.4, -0.2) is 42.2 Å². The Kier molecular flexibility index (Phi) is 4.84. The number of anilines is 2. The molecule has 3 rings (SSSR count). The first-order chi connectivity index (χ1) is 12.0. The number of carbonyl (C=O) groups excluding carboxylic acids is 1. The minimum Gasteiger partial charge on any atom is -0.378 e. The van der Waals surface area contributed by atoms with E-state index in [4.69, 9.17) is 4.74 Å². The maximum absolute atomic E-state index is 13.7. The Hall–Kier alpha value is -2.68. The molecular weight excluding hydrogens is 337 g/mol. The molecule has 1 aliphatic rings. The third kappa shape index (κ3) is 3.71. The molecule has 0 saturated carbocycles. The lowest BCUT2D eigenvalue weighted by Gasteiger charge is -2.28. The number of hydrogen-bond donors (Lipinski definition) is 1. The second-order valence-corrected chi connectivity index (χ2v) is 5.44. The molecule has 0 spiro atoms. The summed E-state index contributed by atoms with van der Waals surface area (Å²) >= 11 is 0. The van der Waals surface area contributed by atoms with Gasteiger partial charge in [-0.1, -0.05) is 0 Å². The number of rotatable bonds is 3. The van der Waals surface area contributed by atoms with E-state index in [1.807, 2.05) is 4.90 Å². The van der Waals surface area contributed by atoms with Crippen LogP contribution in [0.4, 0.5) is 24.7 Å². The number of halogens is 3. The van der Waals surface area contributed by atoms with E-state index in [1.54, 1.807) is 6.92 Å². The highest BCUT2D eigenvalue weighted by molar-refractivity contribution is 6.03. The lowest BCUT2D eigenvalue weighted by Crippen LogP contribution is -2.37. The van der Waals surface area contributed by atoms with E-state index in [0.29, 0.717) is 37.9 Å². The first-order valence-electron chi connectivity index (χ1n) is 7.59. The van der Waals surface area contributed by atoms with Crippen molar-refractivity contribution in [1.82, 2.24) is 9.97 Å². The maximum atomic E-state index is 13.7. The minimum atomic E-state index is -1.65. The molecule has 0 bridgehead atoms. The van der Waals surface area contributed by atoms with E-state index >= 15 is 0 Å². The van der Waals surface area contributed by atoms with Gasteiger partial charge >= 0.3 is 0 Å². The van der Waals surface area contributed by atoms with Crippen molar-refractivity contribution in [3.8, 4) is 0 Å². The quantitative estimate of drug-likeness (QED) is 0.859. The van der Waals surface area contributed by atoms with Crippen molar-refractivity contribution in [2.75, 3.05) is 36.5 Å². The van der Waals surface area contributed by atoms with Crippen LogP contribution in [0, 0.1) is 24.4 Å². The van der Waals surface area contributed by atoms with Gasteiger partial charge in [0.25, 0.3) is 5.91 Å². The molecule has 1 aromatic heterocycles. The van der Waals surface area contributed by atoms with Crippen molar-refractivity contribution in [3.05, 3.63) is 47.2 Å². The largest absolute Gasteiger partial charge is 0.378 e. The number of nitrogens with one attached hydrogen (secondary N) is 1. The van der Waals surface area contributed by atoms with Crippen molar-refractivity contribution in [2.45, 2.75) is 6.92 Å². The highest BCUT2D eigenvalue weighted by Crippen LogP contribution is 2.21. The fraction of sp³-hybridized carbons (Fsp3) is 0.312. The zero-order valence-electron chi connectivity index (χ0n) is 13.4. The smallest absolute Gasteiger partial charge is 0.274 e. The number of morpholine rings is 1. The van der Waals surface area contributed by atoms with E-state index in [1.165, 1.54) is 6.07 Å². The Morgan fingerprint density at radius 1 is 1.16 bits per heavy atom. The molecule has 1 aliphatic heterocycles. The normalized spacial score (nSPS) is 14.5. The summed E-state index contributed by atoms with van der Waals surface area (Å²) in [6, 6.07) is 3.15. The average Bonchev–Trinajstić information content (AvgIpc) is 2.62. The van der Waals surface area contributed by atoms with Crippen molar-refractivity contribution < 1.29 is 22.7 Å². The van der Waals surface area contributed by atoms with Crippen LogP contribution in [0.2, 0.25) is 0 Å². The summed E-state index contributed by atoms with van der Waals surface area (Å²) in [5.74, 6) is -4.28. The fourth-order valence-electron chi connectivity index (χ4n) is 2.43. The van der Waals surface area contributed by atoms with Crippen molar-refractivity contribution in [3.63, 3.8) is 0 Å². The van der Waals surface area contributed by atoms with Gasteiger partial charge in [-0.3, -0.25) is 4.79 Å². The predicted octanol–water partition coefficient (Wildman–Crippen LogP) is 2.29. The number of carbonyl (C=O) groups is 1. The molecule has 1 amide bonds. The SMILES string of the molecule is Cc1nc(C(=O)Nc2ccc(F)c(F)c2F)cc(N2CCOCC2)n1. The minimum absolute atomic E-state index is 0.00174. The van der Waals surface area contributed by atoms with Gasteiger partial charge in [0.2, 0.25) is 0 Å². The van der Waals surface area contributed by atoms with Crippen LogP contribution in [0.25, 0.3) is 0 Å². The second-order valence-electron chi connectivity index (χ2n) is 5.44. The summed E-state index contributed by atoms with van der Waals surface area (Å²) in [5, 5.41) is 2.20. The molecule has 6 nitrogen and oxygen atoms in total. The molecule has 1 saturated heterocycles. The molecule has 0 atom stereocenters. The number of nitrogens with zero attached hydrogens (tertiary/aromatic N) is 3. The van der Waals surface area contributed by atoms with E-state index in [0.717, 1.165) is 12.1 Å². The Labute approximate surface area is 141 Å². The third-order valence-corrected chi connectivity index (χ3v) is 3.68. The lowest BCUT2D eigenvalue weighted by atomic mass is 10.2. The van der Waals surface area contributed by atoms with Gasteiger partial charge in [-0.2, -0.15) is 0 Å². The van der Waals surface area contributed by atoms with Crippen LogP contribution in [0.5, 0.6) is 0 Å². The van der Waals surface area contributed by atoms with Gasteiger partial charge in [0.05, 0.1) is 18.9 Å². The molecule has 0 radical (unpaired) electrons. The molecule has 0 unspecified atom stereocenters. The van der Waals surface area contributed by atoms with Gasteiger partial charge in [-0.15, -0.1) is 0 Å². The molecule has 1 fully saturated rings. The monoisotopic (exact) mass is 352 g/mol. The number of aromatic nitrogens is 2. The number of ether oxygens (including phenoxy) is 1. The summed E-state index contributed by atoms with van der Waals surface area (Å²) in [4.78, 5) is 22.6. The topological polar surface area (TPSA) is 67.4 Å². The van der Waals surface area contributed by atoms with Gasteiger partial charge < -0.3 is 15.0 Å². The summed E-state index contributed by atoms with van der Waals surface area (Å²) in [5.41, 5.74) is -0.466. The molecule has 2 heterocycles. The number of hydrogen-bond acceptors (Lipinski definition) is 5. The predicted molar refractivity (Wildman–Crippen MR) is 84.1 cm³/mol. The number of aryl methyl sites for hydroxylation is 1. The molecule has 1 aromatic carbocycles. The molecule has 9 heteroatoms. The van der Waals surface area contributed by atoms with Gasteiger partial charge in [0, 0.05) is 19.2 Å². The highest BCUT2D eigenvalue weighted by Gasteiger charge is 2.19. The van der Waals surface area contributed by atoms with Crippen LogP contribution in [-0.2, 0) is 4.74 Å². The molecule has 0 aliphatic carbocycles. The standard InChI is InChI=1S/C16H15F3N4O2/c1-9-20-12(8-13(21-9)23-4-6-25-7-5-23)16(24)22-11-3-2-10(17)14(18)15(11)19/h2-3,8H,4-7H2,1H3,(H,22,24). The summed E-state index contributed by atoms with van der Waals surface area (Å²) in [7, 11) is 0. The third-order valence-electron chi connectivity index (χ3n) is 3.68. The first kappa shape index (κ1) is 17.2. The van der Waals surface area contributed by atoms with Crippen LogP contribution in [0.1, 0.15) is 16.3 Å². The summed E-state index contributed by atoms with van der Waals surface area (Å²) in [6.07, 6.45) is 0. The van der Waals surface area contributed by atoms with Crippen LogP contribution in [0.15, 0.2) is 18.2 Å². The van der Waals surface area contributed by atoms with Gasteiger partial charge in [-0.25, -0.2) is 23.1 Å². The first-order valence-corrected chi connectivity index (χ1v) is 7.59. The van der Waals surface area contributed by atoms with Gasteiger partial charge in [-0.05, 0) is 19.1 Å². The highest BCUT2D eigenvalue weighted by atomic mass is 19.2.